The molecule has 0 bridgehead atoms. The Morgan fingerprint density at radius 3 is 2.57 bits per heavy atom. The summed E-state index contributed by atoms with van der Waals surface area (Å²) in [7, 11) is 1.17. The summed E-state index contributed by atoms with van der Waals surface area (Å²) in [6.07, 6.45) is -0.259. The van der Waals surface area contributed by atoms with E-state index >= 15 is 0 Å². The molecule has 0 aliphatic heterocycles. The molecule has 23 heavy (non-hydrogen) atoms. The van der Waals surface area contributed by atoms with Gasteiger partial charge in [-0.3, -0.25) is 24.5 Å². The smallest absolute Gasteiger partial charge is 0.305 e. The van der Waals surface area contributed by atoms with Crippen molar-refractivity contribution in [1.82, 2.24) is 5.32 Å². The number of anilines is 1. The minimum atomic E-state index is -1.19. The third-order valence-corrected chi connectivity index (χ3v) is 3.01. The molecule has 5 N–H and O–H groups in total. The number of hydrogen-bond acceptors (Lipinski definition) is 7. The third kappa shape index (κ3) is 4.66. The number of primary amides is 1. The quantitative estimate of drug-likeness (QED) is 0.268. The molecule has 0 saturated carbocycles. The number of carbonyl (C=O) groups excluding carboxylic acids is 3. The van der Waals surface area contributed by atoms with Gasteiger partial charge in [0.25, 0.3) is 11.6 Å². The van der Waals surface area contributed by atoms with E-state index in [1.165, 1.54) is 19.2 Å². The molecule has 2 amide bonds. The van der Waals surface area contributed by atoms with Crippen LogP contribution in [-0.4, -0.2) is 35.9 Å². The number of nitro benzene ring substituents is 1. The second-order valence-electron chi connectivity index (χ2n) is 4.54. The maximum absolute atomic E-state index is 12.2. The van der Waals surface area contributed by atoms with Crippen LogP contribution in [0.15, 0.2) is 18.2 Å². The minimum absolute atomic E-state index is 0.103. The fourth-order valence-electron chi connectivity index (χ4n) is 1.84. The van der Waals surface area contributed by atoms with Gasteiger partial charge >= 0.3 is 5.97 Å². The number of methoxy groups -OCH3 is 1. The normalized spacial score (nSPS) is 11.3. The van der Waals surface area contributed by atoms with Crippen molar-refractivity contribution in [2.75, 3.05) is 12.8 Å². The highest BCUT2D eigenvalue weighted by atomic mass is 16.6. The molecule has 0 fully saturated rings. The van der Waals surface area contributed by atoms with E-state index < -0.39 is 34.4 Å². The first-order chi connectivity index (χ1) is 10.8. The van der Waals surface area contributed by atoms with Crippen molar-refractivity contribution in [3.63, 3.8) is 0 Å². The number of carbonyl (C=O) groups is 3. The Hall–Kier alpha value is -3.17. The van der Waals surface area contributed by atoms with Gasteiger partial charge in [0.1, 0.15) is 11.6 Å². The summed E-state index contributed by atoms with van der Waals surface area (Å²) >= 11 is 0. The van der Waals surface area contributed by atoms with Crippen molar-refractivity contribution >= 4 is 29.2 Å². The number of esters is 1. The fourth-order valence-corrected chi connectivity index (χ4v) is 1.84. The zero-order valence-electron chi connectivity index (χ0n) is 12.3. The summed E-state index contributed by atoms with van der Waals surface area (Å²) in [4.78, 5) is 44.9. The Balaban J connectivity index is 2.98. The molecule has 0 spiro atoms. The van der Waals surface area contributed by atoms with Crippen molar-refractivity contribution in [3.8, 4) is 0 Å². The van der Waals surface area contributed by atoms with Gasteiger partial charge in [0.15, 0.2) is 0 Å². The lowest BCUT2D eigenvalue weighted by molar-refractivity contribution is -0.385. The lowest BCUT2D eigenvalue weighted by Crippen LogP contribution is -2.45. The molecule has 0 unspecified atom stereocenters. The van der Waals surface area contributed by atoms with E-state index in [4.69, 9.17) is 11.5 Å². The van der Waals surface area contributed by atoms with Crippen LogP contribution in [0.4, 0.5) is 11.4 Å². The molecule has 0 saturated heterocycles. The highest BCUT2D eigenvalue weighted by Crippen LogP contribution is 2.24. The lowest BCUT2D eigenvalue weighted by atomic mass is 10.1. The number of nitro groups is 1. The van der Waals surface area contributed by atoms with E-state index in [0.717, 1.165) is 6.07 Å². The monoisotopic (exact) mass is 324 g/mol. The molecule has 10 heteroatoms. The molecule has 1 atom stereocenters. The molecule has 0 aliphatic rings. The summed E-state index contributed by atoms with van der Waals surface area (Å²) in [6, 6.07) is 2.56. The fraction of sp³-hybridized carbons (Fsp3) is 0.308. The number of nitrogens with zero attached hydrogens (tertiary/aromatic N) is 1. The molecule has 10 nitrogen and oxygen atoms in total. The molecule has 1 aromatic carbocycles. The van der Waals surface area contributed by atoms with Crippen LogP contribution in [0.2, 0.25) is 0 Å². The first-order valence-corrected chi connectivity index (χ1v) is 6.47. The lowest BCUT2D eigenvalue weighted by Gasteiger charge is -2.15. The maximum Gasteiger partial charge on any atom is 0.305 e. The molecule has 0 aromatic heterocycles. The number of amides is 2. The van der Waals surface area contributed by atoms with Gasteiger partial charge in [-0.05, 0) is 12.5 Å². The summed E-state index contributed by atoms with van der Waals surface area (Å²) in [5, 5.41) is 13.2. The Kier molecular flexibility index (Phi) is 6.01. The van der Waals surface area contributed by atoms with E-state index in [9.17, 15) is 24.5 Å². The van der Waals surface area contributed by atoms with Gasteiger partial charge in [-0.1, -0.05) is 6.07 Å². The predicted octanol–water partition coefficient (Wildman–Crippen LogP) is -0.286. The summed E-state index contributed by atoms with van der Waals surface area (Å²) < 4.78 is 4.43. The van der Waals surface area contributed by atoms with Crippen molar-refractivity contribution in [2.45, 2.75) is 18.9 Å². The van der Waals surface area contributed by atoms with E-state index in [2.05, 4.69) is 10.1 Å². The highest BCUT2D eigenvalue weighted by Gasteiger charge is 2.27. The number of nitrogens with one attached hydrogen (secondary N) is 1. The average molecular weight is 324 g/mol. The average Bonchev–Trinajstić information content (AvgIpc) is 2.49. The Morgan fingerprint density at radius 1 is 1.39 bits per heavy atom. The van der Waals surface area contributed by atoms with Crippen LogP contribution < -0.4 is 16.8 Å². The molecule has 0 aliphatic carbocycles. The van der Waals surface area contributed by atoms with Crippen molar-refractivity contribution in [1.29, 1.82) is 0 Å². The van der Waals surface area contributed by atoms with Gasteiger partial charge in [0, 0.05) is 12.5 Å². The van der Waals surface area contributed by atoms with Gasteiger partial charge in [0.2, 0.25) is 5.91 Å². The molecular formula is C13H16N4O6. The zero-order chi connectivity index (χ0) is 17.6. The number of rotatable bonds is 7. The van der Waals surface area contributed by atoms with Crippen LogP contribution in [0.25, 0.3) is 0 Å². The molecule has 1 rings (SSSR count). The van der Waals surface area contributed by atoms with Crippen molar-refractivity contribution in [2.24, 2.45) is 5.73 Å². The van der Waals surface area contributed by atoms with Crippen molar-refractivity contribution < 1.29 is 24.0 Å². The molecule has 0 radical (unpaired) electrons. The SMILES string of the molecule is COC(=O)CC[C@@H](NC(=O)c1c(N)cccc1[N+](=O)[O-])C(N)=O. The van der Waals surface area contributed by atoms with Gasteiger partial charge in [-0.15, -0.1) is 0 Å². The minimum Gasteiger partial charge on any atom is -0.469 e. The summed E-state index contributed by atoms with van der Waals surface area (Å²) in [5.41, 5.74) is 9.76. The van der Waals surface area contributed by atoms with E-state index in [1.54, 1.807) is 0 Å². The van der Waals surface area contributed by atoms with E-state index in [0.29, 0.717) is 0 Å². The topological polar surface area (TPSA) is 168 Å². The second kappa shape index (κ2) is 7.73. The van der Waals surface area contributed by atoms with Crippen LogP contribution >= 0.6 is 0 Å². The Labute approximate surface area is 130 Å². The first-order valence-electron chi connectivity index (χ1n) is 6.47. The highest BCUT2D eigenvalue weighted by molar-refractivity contribution is 6.04. The van der Waals surface area contributed by atoms with Gasteiger partial charge in [-0.25, -0.2) is 0 Å². The van der Waals surface area contributed by atoms with Crippen LogP contribution in [0, 0.1) is 10.1 Å². The largest absolute Gasteiger partial charge is 0.469 e. The second-order valence-corrected chi connectivity index (χ2v) is 4.54. The van der Waals surface area contributed by atoms with Crippen molar-refractivity contribution in [3.05, 3.63) is 33.9 Å². The Bertz CT molecular complexity index is 645. The first kappa shape index (κ1) is 17.9. The molecule has 1 aromatic rings. The zero-order valence-corrected chi connectivity index (χ0v) is 12.3. The van der Waals surface area contributed by atoms with Gasteiger partial charge < -0.3 is 21.5 Å². The number of benzene rings is 1. The van der Waals surface area contributed by atoms with Gasteiger partial charge in [-0.2, -0.15) is 0 Å². The standard InChI is InChI=1S/C13H16N4O6/c1-23-10(18)6-5-8(12(15)19)16-13(20)11-7(14)3-2-4-9(11)17(21)22/h2-4,8H,5-6,14H2,1H3,(H2,15,19)(H,16,20)/t8-/m1/s1. The molecule has 0 heterocycles. The number of nitrogen functional groups attached to an aromatic ring is 1. The molecular weight excluding hydrogens is 308 g/mol. The van der Waals surface area contributed by atoms with Crippen LogP contribution in [0.5, 0.6) is 0 Å². The summed E-state index contributed by atoms with van der Waals surface area (Å²) in [5.74, 6) is -2.40. The predicted molar refractivity (Wildman–Crippen MR) is 79.2 cm³/mol. The van der Waals surface area contributed by atoms with E-state index in [1.807, 2.05) is 0 Å². The Morgan fingerprint density at radius 2 is 2.04 bits per heavy atom. The van der Waals surface area contributed by atoms with Crippen LogP contribution in [-0.2, 0) is 14.3 Å². The van der Waals surface area contributed by atoms with Crippen LogP contribution in [0.3, 0.4) is 0 Å². The van der Waals surface area contributed by atoms with Crippen LogP contribution in [0.1, 0.15) is 23.2 Å². The number of hydrogen-bond donors (Lipinski definition) is 3. The number of ether oxygens (including phenoxy) is 1. The number of nitrogens with two attached hydrogens (primary N) is 2. The summed E-state index contributed by atoms with van der Waals surface area (Å²) in [6.45, 7) is 0. The van der Waals surface area contributed by atoms with Gasteiger partial charge in [0.05, 0.1) is 17.7 Å². The third-order valence-electron chi connectivity index (χ3n) is 3.01. The van der Waals surface area contributed by atoms with E-state index in [-0.39, 0.29) is 24.1 Å². The molecule has 124 valence electrons. The maximum atomic E-state index is 12.2.